The Morgan fingerprint density at radius 1 is 1.00 bits per heavy atom. The van der Waals surface area contributed by atoms with Gasteiger partial charge in [0, 0.05) is 35.8 Å². The zero-order chi connectivity index (χ0) is 20.4. The third-order valence-electron chi connectivity index (χ3n) is 5.22. The number of carbonyl (C=O) groups excluding carboxylic acids is 2. The average Bonchev–Trinajstić information content (AvgIpc) is 3.15. The van der Waals surface area contributed by atoms with Crippen molar-refractivity contribution in [3.8, 4) is 11.5 Å². The fourth-order valence-electron chi connectivity index (χ4n) is 3.69. The zero-order valence-electron chi connectivity index (χ0n) is 16.3. The van der Waals surface area contributed by atoms with Crippen LogP contribution >= 0.6 is 0 Å². The Balaban J connectivity index is 1.52. The molecule has 4 rings (SSSR count). The number of ether oxygens (including phenoxy) is 2. The summed E-state index contributed by atoms with van der Waals surface area (Å²) in [5.41, 5.74) is 1.44. The summed E-state index contributed by atoms with van der Waals surface area (Å²) in [6.45, 7) is 0.324. The van der Waals surface area contributed by atoms with E-state index in [1.807, 2.05) is 42.5 Å². The highest BCUT2D eigenvalue weighted by molar-refractivity contribution is 6.07. The predicted octanol–water partition coefficient (Wildman–Crippen LogP) is 3.85. The maximum absolute atomic E-state index is 12.9. The summed E-state index contributed by atoms with van der Waals surface area (Å²) >= 11 is 0. The molecule has 6 heteroatoms. The van der Waals surface area contributed by atoms with Crippen LogP contribution in [0.3, 0.4) is 0 Å². The second-order valence-corrected chi connectivity index (χ2v) is 6.96. The van der Waals surface area contributed by atoms with E-state index in [0.717, 1.165) is 16.5 Å². The predicted molar refractivity (Wildman–Crippen MR) is 113 cm³/mol. The van der Waals surface area contributed by atoms with Crippen molar-refractivity contribution in [2.45, 2.75) is 6.42 Å². The number of carbonyl (C=O) groups is 2. The second kappa shape index (κ2) is 7.83. The maximum Gasteiger partial charge on any atom is 0.229 e. The highest BCUT2D eigenvalue weighted by Gasteiger charge is 2.35. The summed E-state index contributed by atoms with van der Waals surface area (Å²) in [5.74, 6) is 0.470. The molecule has 1 saturated heterocycles. The van der Waals surface area contributed by atoms with Crippen LogP contribution in [0.15, 0.2) is 60.7 Å². The van der Waals surface area contributed by atoms with Gasteiger partial charge in [-0.15, -0.1) is 0 Å². The van der Waals surface area contributed by atoms with Crippen molar-refractivity contribution in [2.24, 2.45) is 5.92 Å². The molecule has 1 heterocycles. The molecule has 6 nitrogen and oxygen atoms in total. The molecule has 1 N–H and O–H groups in total. The Hall–Kier alpha value is -3.54. The van der Waals surface area contributed by atoms with Gasteiger partial charge in [0.05, 0.1) is 20.1 Å². The summed E-state index contributed by atoms with van der Waals surface area (Å²) in [6, 6.07) is 19.0. The van der Waals surface area contributed by atoms with Gasteiger partial charge in [0.2, 0.25) is 11.8 Å². The molecule has 0 aliphatic carbocycles. The number of hydrogen-bond donors (Lipinski definition) is 1. The number of methoxy groups -OCH3 is 2. The van der Waals surface area contributed by atoms with Crippen LogP contribution in [0, 0.1) is 5.92 Å². The Morgan fingerprint density at radius 2 is 1.76 bits per heavy atom. The van der Waals surface area contributed by atoms with Crippen LogP contribution in [-0.4, -0.2) is 32.6 Å². The molecule has 1 aliphatic rings. The molecule has 148 valence electrons. The van der Waals surface area contributed by atoms with Crippen LogP contribution in [0.5, 0.6) is 11.5 Å². The van der Waals surface area contributed by atoms with Gasteiger partial charge in [0.1, 0.15) is 0 Å². The molecule has 2 amide bonds. The van der Waals surface area contributed by atoms with Gasteiger partial charge in [-0.05, 0) is 23.6 Å². The molecule has 0 aromatic heterocycles. The van der Waals surface area contributed by atoms with E-state index in [1.165, 1.54) is 0 Å². The van der Waals surface area contributed by atoms with E-state index >= 15 is 0 Å². The highest BCUT2D eigenvalue weighted by Crippen LogP contribution is 2.34. The summed E-state index contributed by atoms with van der Waals surface area (Å²) in [7, 11) is 3.11. The third-order valence-corrected chi connectivity index (χ3v) is 5.22. The van der Waals surface area contributed by atoms with Gasteiger partial charge >= 0.3 is 0 Å². The van der Waals surface area contributed by atoms with E-state index in [1.54, 1.807) is 37.3 Å². The first-order valence-corrected chi connectivity index (χ1v) is 9.41. The topological polar surface area (TPSA) is 67.9 Å². The first-order valence-electron chi connectivity index (χ1n) is 9.41. The van der Waals surface area contributed by atoms with Crippen LogP contribution in [0.25, 0.3) is 10.8 Å². The van der Waals surface area contributed by atoms with E-state index in [4.69, 9.17) is 9.47 Å². The van der Waals surface area contributed by atoms with Crippen LogP contribution in [-0.2, 0) is 9.59 Å². The standard InChI is InChI=1S/C23H22N2O4/c1-28-20-11-10-17(13-21(20)29-2)25-14-16(12-22(25)26)23(27)24-19-9-5-7-15-6-3-4-8-18(15)19/h3-11,13,16H,12,14H2,1-2H3,(H,24,27). The molecule has 1 fully saturated rings. The molecule has 1 atom stereocenters. The number of hydrogen-bond acceptors (Lipinski definition) is 4. The van der Waals surface area contributed by atoms with E-state index in [9.17, 15) is 9.59 Å². The quantitative estimate of drug-likeness (QED) is 0.719. The zero-order valence-corrected chi connectivity index (χ0v) is 16.3. The number of nitrogens with one attached hydrogen (secondary N) is 1. The smallest absolute Gasteiger partial charge is 0.229 e. The van der Waals surface area contributed by atoms with Gasteiger partial charge in [-0.25, -0.2) is 0 Å². The van der Waals surface area contributed by atoms with E-state index < -0.39 is 5.92 Å². The second-order valence-electron chi connectivity index (χ2n) is 6.96. The maximum atomic E-state index is 12.9. The van der Waals surface area contributed by atoms with Crippen molar-refractivity contribution in [2.75, 3.05) is 31.0 Å². The highest BCUT2D eigenvalue weighted by atomic mass is 16.5. The molecule has 3 aromatic carbocycles. The Bertz CT molecular complexity index is 1070. The number of nitrogens with zero attached hydrogens (tertiary/aromatic N) is 1. The Labute approximate surface area is 169 Å². The SMILES string of the molecule is COc1ccc(N2CC(C(=O)Nc3cccc4ccccc34)CC2=O)cc1OC. The fraction of sp³-hybridized carbons (Fsp3) is 0.217. The van der Waals surface area contributed by atoms with Crippen molar-refractivity contribution in [3.63, 3.8) is 0 Å². The van der Waals surface area contributed by atoms with Crippen LogP contribution in [0.1, 0.15) is 6.42 Å². The minimum atomic E-state index is -0.422. The minimum Gasteiger partial charge on any atom is -0.493 e. The lowest BCUT2D eigenvalue weighted by Gasteiger charge is -2.18. The lowest BCUT2D eigenvalue weighted by atomic mass is 10.1. The molecular formula is C23H22N2O4. The van der Waals surface area contributed by atoms with Crippen molar-refractivity contribution in [1.82, 2.24) is 0 Å². The van der Waals surface area contributed by atoms with Crippen LogP contribution in [0.2, 0.25) is 0 Å². The van der Waals surface area contributed by atoms with E-state index in [0.29, 0.717) is 23.7 Å². The van der Waals surface area contributed by atoms with Crippen molar-refractivity contribution >= 4 is 34.0 Å². The van der Waals surface area contributed by atoms with Gasteiger partial charge in [-0.2, -0.15) is 0 Å². The first kappa shape index (κ1) is 18.8. The van der Waals surface area contributed by atoms with Crippen LogP contribution < -0.4 is 19.7 Å². The third kappa shape index (κ3) is 3.61. The first-order chi connectivity index (χ1) is 14.1. The summed E-state index contributed by atoms with van der Waals surface area (Å²) in [4.78, 5) is 27.1. The number of benzene rings is 3. The van der Waals surface area contributed by atoms with E-state index in [2.05, 4.69) is 5.32 Å². The molecule has 29 heavy (non-hydrogen) atoms. The molecule has 3 aromatic rings. The molecule has 0 radical (unpaired) electrons. The van der Waals surface area contributed by atoms with Gasteiger partial charge in [0.15, 0.2) is 11.5 Å². The molecule has 1 unspecified atom stereocenters. The van der Waals surface area contributed by atoms with Crippen LogP contribution in [0.4, 0.5) is 11.4 Å². The number of fused-ring (bicyclic) bond motifs is 1. The van der Waals surface area contributed by atoms with Crippen molar-refractivity contribution < 1.29 is 19.1 Å². The average molecular weight is 390 g/mol. The number of anilines is 2. The van der Waals surface area contributed by atoms with Crippen molar-refractivity contribution in [3.05, 3.63) is 60.7 Å². The molecule has 1 aliphatic heterocycles. The van der Waals surface area contributed by atoms with Gasteiger partial charge in [0.25, 0.3) is 0 Å². The van der Waals surface area contributed by atoms with Gasteiger partial charge in [-0.1, -0.05) is 36.4 Å². The fourth-order valence-corrected chi connectivity index (χ4v) is 3.69. The monoisotopic (exact) mass is 390 g/mol. The molecule has 0 saturated carbocycles. The molecule has 0 bridgehead atoms. The lowest BCUT2D eigenvalue weighted by molar-refractivity contribution is -0.122. The van der Waals surface area contributed by atoms with Gasteiger partial charge < -0.3 is 19.7 Å². The van der Waals surface area contributed by atoms with Gasteiger partial charge in [-0.3, -0.25) is 9.59 Å². The molecular weight excluding hydrogens is 368 g/mol. The lowest BCUT2D eigenvalue weighted by Crippen LogP contribution is -2.28. The van der Waals surface area contributed by atoms with E-state index in [-0.39, 0.29) is 18.2 Å². The summed E-state index contributed by atoms with van der Waals surface area (Å²) in [6.07, 6.45) is 0.172. The minimum absolute atomic E-state index is 0.0877. The Kier molecular flexibility index (Phi) is 5.08. The largest absolute Gasteiger partial charge is 0.493 e. The summed E-state index contributed by atoms with van der Waals surface area (Å²) in [5, 5.41) is 5.03. The Morgan fingerprint density at radius 3 is 2.55 bits per heavy atom. The van der Waals surface area contributed by atoms with Crippen molar-refractivity contribution in [1.29, 1.82) is 0 Å². The molecule has 0 spiro atoms. The normalized spacial score (nSPS) is 16.1. The number of amides is 2. The number of rotatable bonds is 5. The summed E-state index contributed by atoms with van der Waals surface area (Å²) < 4.78 is 10.6.